The minimum absolute atomic E-state index is 0.0713. The zero-order valence-electron chi connectivity index (χ0n) is 16.0. The van der Waals surface area contributed by atoms with E-state index in [2.05, 4.69) is 33.2 Å². The number of carbonyl (C=O) groups is 2. The lowest BCUT2D eigenvalue weighted by Crippen LogP contribution is -2.20. The molecule has 0 aromatic heterocycles. The van der Waals surface area contributed by atoms with Gasteiger partial charge < -0.3 is 14.9 Å². The molecule has 2 N–H and O–H groups in total. The van der Waals surface area contributed by atoms with Crippen LogP contribution in [0.25, 0.3) is 0 Å². The van der Waals surface area contributed by atoms with Crippen LogP contribution in [0.15, 0.2) is 45.9 Å². The van der Waals surface area contributed by atoms with Gasteiger partial charge in [0.05, 0.1) is 19.2 Å². The number of aliphatic hydroxyl groups excluding tert-OH is 1. The van der Waals surface area contributed by atoms with Crippen molar-refractivity contribution in [1.29, 1.82) is 0 Å². The zero-order valence-corrected chi connectivity index (χ0v) is 16.0. The molecule has 0 aliphatic rings. The third-order valence-electron chi connectivity index (χ3n) is 3.43. The van der Waals surface area contributed by atoms with Crippen LogP contribution in [0.4, 0.5) is 0 Å². The van der Waals surface area contributed by atoms with E-state index in [4.69, 9.17) is 4.74 Å². The summed E-state index contributed by atoms with van der Waals surface area (Å²) in [5.41, 5.74) is 6.99. The van der Waals surface area contributed by atoms with Crippen LogP contribution in [0.5, 0.6) is 5.75 Å². The van der Waals surface area contributed by atoms with Gasteiger partial charge in [-0.25, -0.2) is 0 Å². The number of aryl methyl sites for hydroxylation is 2. The van der Waals surface area contributed by atoms with Gasteiger partial charge in [-0.15, -0.1) is 0 Å². The molecule has 0 fully saturated rings. The number of amides is 1. The second-order valence-electron chi connectivity index (χ2n) is 5.73. The molecule has 0 spiro atoms. The van der Waals surface area contributed by atoms with Gasteiger partial charge >= 0.3 is 5.97 Å². The molecular weight excluding hydrogens is 360 g/mol. The maximum absolute atomic E-state index is 11.8. The molecule has 28 heavy (non-hydrogen) atoms. The molecule has 0 bridgehead atoms. The Hall–Kier alpha value is -3.42. The van der Waals surface area contributed by atoms with Gasteiger partial charge in [-0.2, -0.15) is 9.98 Å². The van der Waals surface area contributed by atoms with Crippen molar-refractivity contribution in [3.05, 3.63) is 52.6 Å². The fourth-order valence-corrected chi connectivity index (χ4v) is 2.17. The lowest BCUT2D eigenvalue weighted by molar-refractivity contribution is -0.142. The quantitative estimate of drug-likeness (QED) is 0.427. The van der Waals surface area contributed by atoms with Gasteiger partial charge in [0.1, 0.15) is 11.9 Å². The molecule has 1 aromatic rings. The van der Waals surface area contributed by atoms with E-state index in [0.717, 1.165) is 6.20 Å². The van der Waals surface area contributed by atoms with Gasteiger partial charge in [0.2, 0.25) is 0 Å². The fourth-order valence-electron chi connectivity index (χ4n) is 2.17. The highest BCUT2D eigenvalue weighted by Gasteiger charge is 2.15. The first kappa shape index (κ1) is 22.6. The number of rotatable bonds is 7. The minimum atomic E-state index is -1.33. The number of phenolic OH excluding ortho intramolecular Hbond substituents is 1. The monoisotopic (exact) mass is 382 g/mol. The molecule has 7 nitrogen and oxygen atoms in total. The van der Waals surface area contributed by atoms with Crippen LogP contribution >= 0.6 is 0 Å². The number of aliphatic hydroxyl groups is 1. The number of phenols is 1. The molecule has 0 radical (unpaired) electrons. The average Bonchev–Trinajstić information content (AvgIpc) is 2.64. The van der Waals surface area contributed by atoms with Crippen molar-refractivity contribution >= 4 is 23.6 Å². The van der Waals surface area contributed by atoms with E-state index in [1.165, 1.54) is 6.08 Å². The molecule has 0 aliphatic carbocycles. The van der Waals surface area contributed by atoms with E-state index >= 15 is 0 Å². The molecule has 0 unspecified atom stereocenters. The summed E-state index contributed by atoms with van der Waals surface area (Å²) in [6, 6.07) is 3.41. The van der Waals surface area contributed by atoms with Crippen LogP contribution in [-0.4, -0.2) is 46.5 Å². The van der Waals surface area contributed by atoms with Gasteiger partial charge in [-0.05, 0) is 49.3 Å². The zero-order chi connectivity index (χ0) is 20.9. The molecule has 0 saturated carbocycles. The van der Waals surface area contributed by atoms with Crippen molar-refractivity contribution in [3.8, 4) is 5.75 Å². The molecule has 1 rings (SSSR count). The Balaban J connectivity index is 2.64. The lowest BCUT2D eigenvalue weighted by atomic mass is 10.0. The minimum Gasteiger partial charge on any atom is -0.507 e. The number of ether oxygens (including phenoxy) is 1. The van der Waals surface area contributed by atoms with E-state index in [0.29, 0.717) is 23.3 Å². The van der Waals surface area contributed by atoms with Crippen molar-refractivity contribution in [2.24, 2.45) is 9.98 Å². The topological polar surface area (TPSA) is 109 Å². The highest BCUT2D eigenvalue weighted by Crippen LogP contribution is 2.23. The first-order chi connectivity index (χ1) is 13.3. The Morgan fingerprint density at radius 3 is 2.54 bits per heavy atom. The SMILES string of the molecule is CCOC(=O)CC=C=C=NC=C=C=NC(=O)[C@H](O)Cc1cc(C)c(O)c(C)c1. The second kappa shape index (κ2) is 12.1. The molecule has 7 heteroatoms. The number of nitrogens with zero attached hydrogens (tertiary/aromatic N) is 2. The van der Waals surface area contributed by atoms with E-state index in [-0.39, 0.29) is 24.6 Å². The van der Waals surface area contributed by atoms with E-state index in [1.54, 1.807) is 32.9 Å². The molecule has 146 valence electrons. The summed E-state index contributed by atoms with van der Waals surface area (Å²) in [6.07, 6.45) is 1.39. The van der Waals surface area contributed by atoms with Gasteiger partial charge in [0, 0.05) is 18.2 Å². The van der Waals surface area contributed by atoms with Crippen molar-refractivity contribution in [3.63, 3.8) is 0 Å². The second-order valence-corrected chi connectivity index (χ2v) is 5.73. The smallest absolute Gasteiger partial charge is 0.310 e. The first-order valence-electron chi connectivity index (χ1n) is 8.56. The first-order valence-corrected chi connectivity index (χ1v) is 8.56. The average molecular weight is 382 g/mol. The summed E-state index contributed by atoms with van der Waals surface area (Å²) in [5.74, 6) is 3.70. The largest absolute Gasteiger partial charge is 0.507 e. The van der Waals surface area contributed by atoms with Gasteiger partial charge in [-0.1, -0.05) is 17.9 Å². The third-order valence-corrected chi connectivity index (χ3v) is 3.43. The maximum Gasteiger partial charge on any atom is 0.310 e. The molecular formula is C21H22N2O5. The van der Waals surface area contributed by atoms with Crippen molar-refractivity contribution in [2.45, 2.75) is 39.7 Å². The standard InChI is InChI=1S/C21H22N2O5/c1-4-28-19(25)8-5-6-9-22-10-7-11-23-21(27)18(24)14-17-12-15(2)20(26)16(3)13-17/h5,10,12-13,18,24,26H,4,8,14H2,1-3H3/t18-/m1/s1. The summed E-state index contributed by atoms with van der Waals surface area (Å²) >= 11 is 0. The van der Waals surface area contributed by atoms with Crippen LogP contribution in [-0.2, 0) is 20.7 Å². The summed E-state index contributed by atoms with van der Waals surface area (Å²) < 4.78 is 4.72. The van der Waals surface area contributed by atoms with Crippen molar-refractivity contribution < 1.29 is 24.5 Å². The number of carbonyl (C=O) groups excluding carboxylic acids is 2. The number of hydrogen-bond acceptors (Lipinski definition) is 6. The summed E-state index contributed by atoms with van der Waals surface area (Å²) in [5, 5.41) is 19.7. The van der Waals surface area contributed by atoms with Crippen LogP contribution in [0.2, 0.25) is 0 Å². The summed E-state index contributed by atoms with van der Waals surface area (Å²) in [6.45, 7) is 5.52. The normalized spacial score (nSPS) is 10.3. The molecule has 1 amide bonds. The Labute approximate surface area is 163 Å². The van der Waals surface area contributed by atoms with Gasteiger partial charge in [0.15, 0.2) is 0 Å². The number of esters is 1. The number of benzene rings is 1. The summed E-state index contributed by atoms with van der Waals surface area (Å²) in [7, 11) is 0. The number of aliphatic imine (C=N–C) groups is 2. The molecule has 1 atom stereocenters. The third kappa shape index (κ3) is 8.31. The van der Waals surface area contributed by atoms with E-state index < -0.39 is 12.0 Å². The fraction of sp³-hybridized carbons (Fsp3) is 0.333. The summed E-state index contributed by atoms with van der Waals surface area (Å²) in [4.78, 5) is 29.9. The maximum atomic E-state index is 11.8. The van der Waals surface area contributed by atoms with E-state index in [1.807, 2.05) is 0 Å². The van der Waals surface area contributed by atoms with Crippen molar-refractivity contribution in [1.82, 2.24) is 0 Å². The molecule has 0 aliphatic heterocycles. The predicted molar refractivity (Wildman–Crippen MR) is 105 cm³/mol. The van der Waals surface area contributed by atoms with Crippen molar-refractivity contribution in [2.75, 3.05) is 6.61 Å². The van der Waals surface area contributed by atoms with Gasteiger partial charge in [-0.3, -0.25) is 9.59 Å². The number of aromatic hydroxyl groups is 1. The Kier molecular flexibility index (Phi) is 9.74. The highest BCUT2D eigenvalue weighted by molar-refractivity contribution is 5.87. The Bertz CT molecular complexity index is 899. The highest BCUT2D eigenvalue weighted by atomic mass is 16.5. The lowest BCUT2D eigenvalue weighted by Gasteiger charge is -2.10. The van der Waals surface area contributed by atoms with Crippen LogP contribution in [0.3, 0.4) is 0 Å². The Morgan fingerprint density at radius 2 is 1.89 bits per heavy atom. The van der Waals surface area contributed by atoms with Gasteiger partial charge in [0.25, 0.3) is 5.91 Å². The van der Waals surface area contributed by atoms with E-state index in [9.17, 15) is 19.8 Å². The Morgan fingerprint density at radius 1 is 1.21 bits per heavy atom. The van der Waals surface area contributed by atoms with Crippen LogP contribution < -0.4 is 0 Å². The molecule has 0 heterocycles. The van der Waals surface area contributed by atoms with Crippen LogP contribution in [0, 0.1) is 13.8 Å². The van der Waals surface area contributed by atoms with Crippen LogP contribution in [0.1, 0.15) is 30.0 Å². The predicted octanol–water partition coefficient (Wildman–Crippen LogP) is 2.11. The number of hydrogen-bond donors (Lipinski definition) is 2. The molecule has 0 saturated heterocycles. The molecule has 1 aromatic carbocycles.